The topological polar surface area (TPSA) is 95.1 Å². The molecule has 0 aliphatic carbocycles. The van der Waals surface area contributed by atoms with Gasteiger partial charge >= 0.3 is 0 Å². The molecular weight excluding hydrogens is 314 g/mol. The molecule has 1 heterocycles. The van der Waals surface area contributed by atoms with Crippen molar-refractivity contribution in [2.24, 2.45) is 0 Å². The Morgan fingerprint density at radius 1 is 1.38 bits per heavy atom. The Balaban J connectivity index is 1.98. The lowest BCUT2D eigenvalue weighted by Crippen LogP contribution is -2.25. The highest BCUT2D eigenvalue weighted by Crippen LogP contribution is 2.22. The maximum Gasteiger partial charge on any atom is 0.242 e. The molecule has 2 rings (SSSR count). The number of aryl methyl sites for hydroxylation is 1. The van der Waals surface area contributed by atoms with E-state index in [2.05, 4.69) is 14.7 Å². The number of aromatic nitrogens is 2. The zero-order valence-electron chi connectivity index (χ0n) is 11.2. The third-order valence-electron chi connectivity index (χ3n) is 2.90. The molecule has 0 amide bonds. The Hall–Kier alpha value is -1.41. The van der Waals surface area contributed by atoms with Gasteiger partial charge < -0.3 is 10.1 Å². The molecule has 1 aromatic heterocycles. The van der Waals surface area contributed by atoms with Crippen molar-refractivity contribution in [1.29, 1.82) is 0 Å². The van der Waals surface area contributed by atoms with Gasteiger partial charge in [-0.05, 0) is 24.1 Å². The van der Waals surface area contributed by atoms with Gasteiger partial charge in [-0.2, -0.15) is 0 Å². The molecule has 3 N–H and O–H groups in total. The Kier molecular flexibility index (Phi) is 5.35. The van der Waals surface area contributed by atoms with Gasteiger partial charge in [0.2, 0.25) is 10.0 Å². The summed E-state index contributed by atoms with van der Waals surface area (Å²) in [7, 11) is -3.69. The number of halogens is 1. The number of aromatic amines is 1. The molecule has 114 valence electrons. The molecule has 0 saturated carbocycles. The largest absolute Gasteiger partial charge is 0.392 e. The number of hydrogen-bond donors (Lipinski definition) is 3. The Labute approximate surface area is 128 Å². The van der Waals surface area contributed by atoms with Crippen molar-refractivity contribution < 1.29 is 13.5 Å². The first kappa shape index (κ1) is 16.0. The van der Waals surface area contributed by atoms with Gasteiger partial charge in [0.05, 0.1) is 11.6 Å². The zero-order valence-corrected chi connectivity index (χ0v) is 12.8. The van der Waals surface area contributed by atoms with E-state index in [9.17, 15) is 8.42 Å². The lowest BCUT2D eigenvalue weighted by molar-refractivity contribution is 0.281. The number of nitrogens with zero attached hydrogens (tertiary/aromatic N) is 1. The fourth-order valence-corrected chi connectivity index (χ4v) is 3.45. The summed E-state index contributed by atoms with van der Waals surface area (Å²) in [5.74, 6) is 0.814. The van der Waals surface area contributed by atoms with Gasteiger partial charge in [-0.25, -0.2) is 18.1 Å². The van der Waals surface area contributed by atoms with Crippen LogP contribution in [0.3, 0.4) is 0 Å². The van der Waals surface area contributed by atoms with Gasteiger partial charge in [0, 0.05) is 25.4 Å². The van der Waals surface area contributed by atoms with E-state index in [0.717, 1.165) is 5.82 Å². The van der Waals surface area contributed by atoms with Crippen molar-refractivity contribution in [3.63, 3.8) is 0 Å². The van der Waals surface area contributed by atoms with Gasteiger partial charge in [0.1, 0.15) is 10.7 Å². The number of aliphatic hydroxyl groups excluding tert-OH is 1. The van der Waals surface area contributed by atoms with Crippen LogP contribution < -0.4 is 4.72 Å². The monoisotopic (exact) mass is 329 g/mol. The second-order valence-corrected chi connectivity index (χ2v) is 6.60. The molecule has 6 nitrogen and oxygen atoms in total. The Morgan fingerprint density at radius 2 is 2.19 bits per heavy atom. The molecule has 0 unspecified atom stereocenters. The number of benzene rings is 1. The summed E-state index contributed by atoms with van der Waals surface area (Å²) in [6.45, 7) is 0.0426. The summed E-state index contributed by atoms with van der Waals surface area (Å²) < 4.78 is 26.9. The van der Waals surface area contributed by atoms with Crippen LogP contribution in [0.4, 0.5) is 0 Å². The van der Waals surface area contributed by atoms with Crippen LogP contribution >= 0.6 is 11.6 Å². The molecule has 2 aromatic rings. The first-order chi connectivity index (χ1) is 10.0. The second kappa shape index (κ2) is 7.04. The highest BCUT2D eigenvalue weighted by atomic mass is 35.5. The van der Waals surface area contributed by atoms with E-state index in [1.807, 2.05) is 0 Å². The molecule has 0 saturated heterocycles. The van der Waals surface area contributed by atoms with E-state index in [1.165, 1.54) is 12.1 Å². The third kappa shape index (κ3) is 4.28. The van der Waals surface area contributed by atoms with E-state index >= 15 is 0 Å². The SMILES string of the molecule is O=S(=O)(NCCCc1ncc[nH]1)c1cc(CO)ccc1Cl. The highest BCUT2D eigenvalue weighted by molar-refractivity contribution is 7.89. The van der Waals surface area contributed by atoms with Gasteiger partial charge in [-0.1, -0.05) is 17.7 Å². The van der Waals surface area contributed by atoms with E-state index in [-0.39, 0.29) is 23.1 Å². The number of aliphatic hydroxyl groups is 1. The summed E-state index contributed by atoms with van der Waals surface area (Å²) in [5.41, 5.74) is 0.496. The highest BCUT2D eigenvalue weighted by Gasteiger charge is 2.17. The molecule has 8 heteroatoms. The number of imidazole rings is 1. The predicted molar refractivity (Wildman–Crippen MR) is 79.5 cm³/mol. The third-order valence-corrected chi connectivity index (χ3v) is 4.85. The minimum absolute atomic E-state index is 0.0197. The molecule has 0 spiro atoms. The molecule has 0 radical (unpaired) electrons. The summed E-state index contributed by atoms with van der Waals surface area (Å²) in [6, 6.07) is 4.42. The predicted octanol–water partition coefficient (Wildman–Crippen LogP) is 1.47. The molecular formula is C13H16ClN3O3S. The molecule has 0 bridgehead atoms. The zero-order chi connectivity index (χ0) is 15.3. The Bertz CT molecular complexity index is 687. The molecule has 0 atom stereocenters. The van der Waals surface area contributed by atoms with E-state index < -0.39 is 10.0 Å². The van der Waals surface area contributed by atoms with Crippen LogP contribution in [-0.4, -0.2) is 30.0 Å². The van der Waals surface area contributed by atoms with Crippen molar-refractivity contribution in [3.05, 3.63) is 47.0 Å². The number of nitrogens with one attached hydrogen (secondary N) is 2. The van der Waals surface area contributed by atoms with Crippen LogP contribution in [0.25, 0.3) is 0 Å². The van der Waals surface area contributed by atoms with Gasteiger partial charge in [0.25, 0.3) is 0 Å². The van der Waals surface area contributed by atoms with Gasteiger partial charge in [0.15, 0.2) is 0 Å². The number of H-pyrrole nitrogens is 1. The quantitative estimate of drug-likeness (QED) is 0.670. The van der Waals surface area contributed by atoms with E-state index in [0.29, 0.717) is 18.4 Å². The number of hydrogen-bond acceptors (Lipinski definition) is 4. The first-order valence-corrected chi connectivity index (χ1v) is 8.26. The Morgan fingerprint density at radius 3 is 2.86 bits per heavy atom. The minimum atomic E-state index is -3.69. The van der Waals surface area contributed by atoms with E-state index in [1.54, 1.807) is 18.5 Å². The number of rotatable bonds is 7. The van der Waals surface area contributed by atoms with Crippen molar-refractivity contribution in [2.45, 2.75) is 24.3 Å². The average Bonchev–Trinajstić information content (AvgIpc) is 2.97. The summed E-state index contributed by atoms with van der Waals surface area (Å²) in [5, 5.41) is 9.20. The molecule has 21 heavy (non-hydrogen) atoms. The van der Waals surface area contributed by atoms with Gasteiger partial charge in [-0.3, -0.25) is 0 Å². The second-order valence-electron chi connectivity index (χ2n) is 4.46. The molecule has 1 aromatic carbocycles. The number of sulfonamides is 1. The fraction of sp³-hybridized carbons (Fsp3) is 0.308. The average molecular weight is 330 g/mol. The van der Waals surface area contributed by atoms with Crippen molar-refractivity contribution in [3.8, 4) is 0 Å². The maximum atomic E-state index is 12.2. The van der Waals surface area contributed by atoms with Crippen LogP contribution in [0.1, 0.15) is 17.8 Å². The van der Waals surface area contributed by atoms with Gasteiger partial charge in [-0.15, -0.1) is 0 Å². The lowest BCUT2D eigenvalue weighted by atomic mass is 10.2. The molecule has 0 fully saturated rings. The smallest absolute Gasteiger partial charge is 0.242 e. The standard InChI is InChI=1S/C13H16ClN3O3S/c14-11-4-3-10(9-18)8-12(11)21(19,20)17-5-1-2-13-15-6-7-16-13/h3-4,6-8,17-18H,1-2,5,9H2,(H,15,16). The summed E-state index contributed by atoms with van der Waals surface area (Å²) in [6.07, 6.45) is 4.64. The van der Waals surface area contributed by atoms with Crippen LogP contribution in [0.15, 0.2) is 35.5 Å². The van der Waals surface area contributed by atoms with Crippen LogP contribution in [-0.2, 0) is 23.1 Å². The minimum Gasteiger partial charge on any atom is -0.392 e. The van der Waals surface area contributed by atoms with Crippen LogP contribution in [0.2, 0.25) is 5.02 Å². The fourth-order valence-electron chi connectivity index (χ4n) is 1.83. The summed E-state index contributed by atoms with van der Waals surface area (Å²) in [4.78, 5) is 7.00. The van der Waals surface area contributed by atoms with E-state index in [4.69, 9.17) is 16.7 Å². The molecule has 0 aliphatic rings. The van der Waals surface area contributed by atoms with Crippen LogP contribution in [0, 0.1) is 0 Å². The first-order valence-electron chi connectivity index (χ1n) is 6.40. The lowest BCUT2D eigenvalue weighted by Gasteiger charge is -2.09. The maximum absolute atomic E-state index is 12.2. The van der Waals surface area contributed by atoms with Crippen molar-refractivity contribution in [1.82, 2.24) is 14.7 Å². The van der Waals surface area contributed by atoms with Crippen LogP contribution in [0.5, 0.6) is 0 Å². The molecule has 0 aliphatic heterocycles. The normalized spacial score (nSPS) is 11.7. The summed E-state index contributed by atoms with van der Waals surface area (Å²) >= 11 is 5.92. The van der Waals surface area contributed by atoms with Crippen molar-refractivity contribution in [2.75, 3.05) is 6.54 Å². The van der Waals surface area contributed by atoms with Crippen molar-refractivity contribution >= 4 is 21.6 Å².